The Morgan fingerprint density at radius 2 is 2.19 bits per heavy atom. The molecule has 6 nitrogen and oxygen atoms in total. The first-order chi connectivity index (χ1) is 12.4. The molecule has 3 N–H and O–H groups in total. The zero-order chi connectivity index (χ0) is 18.7. The van der Waals surface area contributed by atoms with Crippen LogP contribution in [0.15, 0.2) is 41.5 Å². The van der Waals surface area contributed by atoms with Crippen LogP contribution in [0.3, 0.4) is 0 Å². The van der Waals surface area contributed by atoms with Crippen molar-refractivity contribution in [1.82, 2.24) is 4.98 Å². The number of nitrogens with two attached hydrogens (primary N) is 1. The highest BCUT2D eigenvalue weighted by Crippen LogP contribution is 2.34. The maximum Gasteiger partial charge on any atom is 0.274 e. The normalized spacial score (nSPS) is 20.2. The lowest BCUT2D eigenvalue weighted by Gasteiger charge is -2.25. The van der Waals surface area contributed by atoms with Gasteiger partial charge in [0, 0.05) is 24.1 Å². The second-order valence-corrected chi connectivity index (χ2v) is 6.63. The minimum atomic E-state index is -0.871. The Balaban J connectivity index is 1.89. The summed E-state index contributed by atoms with van der Waals surface area (Å²) in [4.78, 5) is 20.7. The molecule has 1 atom stereocenters. The fourth-order valence-corrected chi connectivity index (χ4v) is 2.88. The summed E-state index contributed by atoms with van der Waals surface area (Å²) in [5.41, 5.74) is 5.93. The third-order valence-electron chi connectivity index (χ3n) is 4.14. The first kappa shape index (κ1) is 18.3. The number of amides is 1. The van der Waals surface area contributed by atoms with Gasteiger partial charge in [0.15, 0.2) is 0 Å². The minimum Gasteiger partial charge on any atom is -0.386 e. The van der Waals surface area contributed by atoms with Crippen molar-refractivity contribution in [3.63, 3.8) is 0 Å². The zero-order valence-electron chi connectivity index (χ0n) is 14.1. The van der Waals surface area contributed by atoms with Crippen LogP contribution in [0, 0.1) is 5.82 Å². The molecule has 1 aliphatic rings. The van der Waals surface area contributed by atoms with Crippen molar-refractivity contribution in [1.29, 1.82) is 0 Å². The number of aromatic nitrogens is 1. The maximum absolute atomic E-state index is 14.5. The van der Waals surface area contributed by atoms with Gasteiger partial charge in [-0.15, -0.1) is 0 Å². The summed E-state index contributed by atoms with van der Waals surface area (Å²) >= 11 is 5.77. The molecule has 2 aromatic rings. The smallest absolute Gasteiger partial charge is 0.274 e. The number of nitrogens with one attached hydrogen (secondary N) is 1. The lowest BCUT2D eigenvalue weighted by Crippen LogP contribution is -2.26. The molecule has 0 fully saturated rings. The molecule has 0 saturated heterocycles. The highest BCUT2D eigenvalue weighted by Gasteiger charge is 2.31. The third kappa shape index (κ3) is 4.00. The summed E-state index contributed by atoms with van der Waals surface area (Å²) in [6.45, 7) is 2.42. The van der Waals surface area contributed by atoms with E-state index in [9.17, 15) is 9.18 Å². The lowest BCUT2D eigenvalue weighted by atomic mass is 9.88. The van der Waals surface area contributed by atoms with Gasteiger partial charge in [-0.05, 0) is 43.7 Å². The van der Waals surface area contributed by atoms with E-state index < -0.39 is 17.3 Å². The van der Waals surface area contributed by atoms with Gasteiger partial charge < -0.3 is 15.8 Å². The summed E-state index contributed by atoms with van der Waals surface area (Å²) in [5, 5.41) is 3.14. The lowest BCUT2D eigenvalue weighted by molar-refractivity contribution is 0.102. The summed E-state index contributed by atoms with van der Waals surface area (Å²) < 4.78 is 19.8. The Bertz CT molecular complexity index is 857. The van der Waals surface area contributed by atoms with Gasteiger partial charge in [-0.1, -0.05) is 11.6 Å². The molecule has 0 saturated carbocycles. The van der Waals surface area contributed by atoms with Crippen LogP contribution < -0.4 is 11.1 Å². The summed E-state index contributed by atoms with van der Waals surface area (Å²) in [6.07, 6.45) is 1.86. The van der Waals surface area contributed by atoms with E-state index in [1.165, 1.54) is 24.4 Å². The van der Waals surface area contributed by atoms with E-state index in [0.29, 0.717) is 35.1 Å². The predicted octanol–water partition coefficient (Wildman–Crippen LogP) is 3.12. The largest absolute Gasteiger partial charge is 0.386 e. The molecule has 0 bridgehead atoms. The molecule has 0 spiro atoms. The first-order valence-corrected chi connectivity index (χ1v) is 8.40. The van der Waals surface area contributed by atoms with Crippen LogP contribution in [0.5, 0.6) is 0 Å². The number of benzene rings is 1. The van der Waals surface area contributed by atoms with Crippen LogP contribution in [-0.2, 0) is 10.3 Å². The van der Waals surface area contributed by atoms with Gasteiger partial charge in [-0.2, -0.15) is 0 Å². The molecule has 0 radical (unpaired) electrons. The molecule has 1 amide bonds. The van der Waals surface area contributed by atoms with E-state index >= 15 is 0 Å². The Kier molecular flexibility index (Phi) is 5.20. The summed E-state index contributed by atoms with van der Waals surface area (Å²) in [5.74, 6) is -0.533. The average molecular weight is 377 g/mol. The number of pyridine rings is 1. The number of nitrogens with zero attached hydrogens (tertiary/aromatic N) is 2. The van der Waals surface area contributed by atoms with E-state index in [0.717, 1.165) is 0 Å². The molecule has 0 unspecified atom stereocenters. The van der Waals surface area contributed by atoms with E-state index in [1.807, 2.05) is 0 Å². The quantitative estimate of drug-likeness (QED) is 0.861. The number of hydrogen-bond acceptors (Lipinski definition) is 5. The maximum atomic E-state index is 14.5. The van der Waals surface area contributed by atoms with Crippen LogP contribution in [-0.4, -0.2) is 29.9 Å². The van der Waals surface area contributed by atoms with Crippen LogP contribution in [0.1, 0.15) is 29.4 Å². The number of amidine groups is 1. The number of carbonyl (C=O) groups is 1. The van der Waals surface area contributed by atoms with Crippen LogP contribution in [0.2, 0.25) is 5.02 Å². The SMILES string of the molecule is C[C@@]1(c2cc(NC(=O)c3ccc(Cl)cn3)ccc2F)CCOCC(N)=N1. The van der Waals surface area contributed by atoms with Gasteiger partial charge in [-0.25, -0.2) is 9.37 Å². The average Bonchev–Trinajstić information content (AvgIpc) is 2.78. The fraction of sp³-hybridized carbons (Fsp3) is 0.278. The van der Waals surface area contributed by atoms with Crippen molar-refractivity contribution in [2.45, 2.75) is 18.9 Å². The number of aliphatic imine (C=N–C) groups is 1. The van der Waals surface area contributed by atoms with Gasteiger partial charge >= 0.3 is 0 Å². The van der Waals surface area contributed by atoms with E-state index in [1.54, 1.807) is 19.1 Å². The van der Waals surface area contributed by atoms with Gasteiger partial charge in [0.25, 0.3) is 5.91 Å². The number of anilines is 1. The zero-order valence-corrected chi connectivity index (χ0v) is 14.9. The second-order valence-electron chi connectivity index (χ2n) is 6.19. The van der Waals surface area contributed by atoms with Gasteiger partial charge in [0.05, 0.1) is 10.6 Å². The Hall–Kier alpha value is -2.51. The van der Waals surface area contributed by atoms with Crippen molar-refractivity contribution in [3.8, 4) is 0 Å². The molecule has 1 aliphatic heterocycles. The molecule has 3 rings (SSSR count). The van der Waals surface area contributed by atoms with Crippen molar-refractivity contribution in [2.24, 2.45) is 10.7 Å². The van der Waals surface area contributed by atoms with E-state index in [2.05, 4.69) is 15.3 Å². The van der Waals surface area contributed by atoms with E-state index in [-0.39, 0.29) is 12.3 Å². The Labute approximate surface area is 155 Å². The molecular weight excluding hydrogens is 359 g/mol. The van der Waals surface area contributed by atoms with Crippen LogP contribution in [0.4, 0.5) is 10.1 Å². The standard InChI is InChI=1S/C18H18ClFN4O2/c1-18(6-7-26-10-16(21)24-18)13-8-12(3-4-14(13)20)23-17(25)15-5-2-11(19)9-22-15/h2-5,8-9H,6-7,10H2,1H3,(H2,21,24)(H,23,25)/t18-/m0/s1. The van der Waals surface area contributed by atoms with Gasteiger partial charge in [0.2, 0.25) is 0 Å². The molecule has 26 heavy (non-hydrogen) atoms. The van der Waals surface area contributed by atoms with Crippen molar-refractivity contribution in [2.75, 3.05) is 18.5 Å². The second kappa shape index (κ2) is 7.39. The predicted molar refractivity (Wildman–Crippen MR) is 98.0 cm³/mol. The Morgan fingerprint density at radius 3 is 2.92 bits per heavy atom. The third-order valence-corrected chi connectivity index (χ3v) is 4.36. The first-order valence-electron chi connectivity index (χ1n) is 8.02. The van der Waals surface area contributed by atoms with Crippen molar-refractivity contribution >= 4 is 29.0 Å². The molecule has 2 heterocycles. The highest BCUT2D eigenvalue weighted by molar-refractivity contribution is 6.30. The van der Waals surface area contributed by atoms with Crippen LogP contribution in [0.25, 0.3) is 0 Å². The van der Waals surface area contributed by atoms with Crippen LogP contribution >= 0.6 is 11.6 Å². The number of carbonyl (C=O) groups excluding carboxylic acids is 1. The molecule has 136 valence electrons. The minimum absolute atomic E-state index is 0.205. The van der Waals surface area contributed by atoms with Crippen molar-refractivity contribution < 1.29 is 13.9 Å². The molecule has 8 heteroatoms. The van der Waals surface area contributed by atoms with Crippen molar-refractivity contribution in [3.05, 3.63) is 58.6 Å². The fourth-order valence-electron chi connectivity index (χ4n) is 2.77. The molecular formula is C18H18ClFN4O2. The molecule has 1 aromatic carbocycles. The number of ether oxygens (including phenoxy) is 1. The molecule has 0 aliphatic carbocycles. The number of rotatable bonds is 3. The number of hydrogen-bond donors (Lipinski definition) is 2. The van der Waals surface area contributed by atoms with Gasteiger partial charge in [-0.3, -0.25) is 9.79 Å². The highest BCUT2D eigenvalue weighted by atomic mass is 35.5. The molecule has 1 aromatic heterocycles. The topological polar surface area (TPSA) is 89.6 Å². The summed E-state index contributed by atoms with van der Waals surface area (Å²) in [7, 11) is 0. The summed E-state index contributed by atoms with van der Waals surface area (Å²) in [6, 6.07) is 7.42. The Morgan fingerprint density at radius 1 is 1.38 bits per heavy atom. The van der Waals surface area contributed by atoms with E-state index in [4.69, 9.17) is 22.1 Å². The monoisotopic (exact) mass is 376 g/mol. The number of halogens is 2. The van der Waals surface area contributed by atoms with Gasteiger partial charge in [0.1, 0.15) is 24.0 Å².